The first-order chi connectivity index (χ1) is 23.5. The predicted octanol–water partition coefficient (Wildman–Crippen LogP) is 5.92. The largest absolute Gasteiger partial charge is 0.489 e. The van der Waals surface area contributed by atoms with Crippen LogP contribution in [0, 0.1) is 28.9 Å². The number of ether oxygens (including phenoxy) is 2. The highest BCUT2D eigenvalue weighted by atomic mass is 35.5. The summed E-state index contributed by atoms with van der Waals surface area (Å²) < 4.78 is 59.6. The van der Waals surface area contributed by atoms with E-state index in [2.05, 4.69) is 9.88 Å². The molecule has 4 atom stereocenters. The van der Waals surface area contributed by atoms with Crippen molar-refractivity contribution in [2.24, 2.45) is 5.92 Å². The molecular weight excluding hydrogens is 679 g/mol. The summed E-state index contributed by atoms with van der Waals surface area (Å²) in [5.41, 5.74) is 5.49. The lowest BCUT2D eigenvalue weighted by molar-refractivity contribution is -0.133. The monoisotopic (exact) mass is 711 g/mol. The van der Waals surface area contributed by atoms with Gasteiger partial charge < -0.3 is 25.0 Å². The maximum absolute atomic E-state index is 17.2. The van der Waals surface area contributed by atoms with Gasteiger partial charge in [-0.05, 0) is 43.9 Å². The van der Waals surface area contributed by atoms with Gasteiger partial charge in [-0.25, -0.2) is 13.2 Å². The van der Waals surface area contributed by atoms with Crippen LogP contribution in [-0.2, 0) is 4.79 Å². The van der Waals surface area contributed by atoms with E-state index in [-0.39, 0.29) is 90.5 Å². The zero-order valence-corrected chi connectivity index (χ0v) is 28.4. The Labute approximate surface area is 289 Å². The van der Waals surface area contributed by atoms with Crippen LogP contribution in [0.1, 0.15) is 37.7 Å². The third-order valence-electron chi connectivity index (χ3n) is 10.6. The highest BCUT2D eigenvalue weighted by molar-refractivity contribution is 7.23. The van der Waals surface area contributed by atoms with Crippen LogP contribution in [0.4, 0.5) is 24.0 Å². The predicted molar refractivity (Wildman–Crippen MR) is 181 cm³/mol. The molecule has 49 heavy (non-hydrogen) atoms. The fourth-order valence-corrected chi connectivity index (χ4v) is 9.52. The van der Waals surface area contributed by atoms with Gasteiger partial charge in [0.05, 0.1) is 38.2 Å². The summed E-state index contributed by atoms with van der Waals surface area (Å²) in [6, 6.07) is 4.25. The molecule has 2 aromatic heterocycles. The molecule has 3 saturated heterocycles. The number of carbonyl (C=O) groups excluding carboxylic acids is 1. The summed E-state index contributed by atoms with van der Waals surface area (Å²) >= 11 is 7.95. The summed E-state index contributed by atoms with van der Waals surface area (Å²) in [6.45, 7) is 1.69. The lowest BCUT2D eigenvalue weighted by Gasteiger charge is -2.39. The highest BCUT2D eigenvalue weighted by Gasteiger charge is 2.49. The molecule has 0 spiro atoms. The van der Waals surface area contributed by atoms with Crippen molar-refractivity contribution in [1.29, 1.82) is 5.26 Å². The zero-order chi connectivity index (χ0) is 34.4. The number of fused-ring (bicyclic) bond motifs is 4. The van der Waals surface area contributed by atoms with Crippen LogP contribution < -0.4 is 20.1 Å². The van der Waals surface area contributed by atoms with E-state index in [9.17, 15) is 14.4 Å². The Kier molecular flexibility index (Phi) is 7.73. The van der Waals surface area contributed by atoms with Gasteiger partial charge in [-0.3, -0.25) is 9.69 Å². The Morgan fingerprint density at radius 3 is 2.86 bits per heavy atom. The topological polar surface area (TPSA) is 121 Å². The molecule has 6 heterocycles. The lowest BCUT2D eigenvalue weighted by atomic mass is 9.91. The molecule has 4 aliphatic rings. The van der Waals surface area contributed by atoms with Crippen LogP contribution in [0.2, 0.25) is 5.02 Å². The summed E-state index contributed by atoms with van der Waals surface area (Å²) in [5, 5.41) is 10.3. The van der Waals surface area contributed by atoms with Crippen LogP contribution in [0.5, 0.6) is 11.8 Å². The number of aromatic nitrogens is 2. The van der Waals surface area contributed by atoms with E-state index in [1.165, 1.54) is 12.1 Å². The molecule has 0 bridgehead atoms. The number of halogens is 4. The van der Waals surface area contributed by atoms with E-state index in [1.54, 1.807) is 19.0 Å². The molecule has 2 unspecified atom stereocenters. The quantitative estimate of drug-likeness (QED) is 0.269. The van der Waals surface area contributed by atoms with Crippen LogP contribution in [0.15, 0.2) is 12.1 Å². The number of benzene rings is 2. The SMILES string of the molecule is CN(C)C(=O)C1CCC2COc3c(Cl)c(-c4ccc(F)c5sc(N)c(C#N)c45)c(F)c4nc(OC[C@@]56CCCN5C[C@H](F)C6)nc(c34)N2C1. The molecule has 8 rings (SSSR count). The van der Waals surface area contributed by atoms with Crippen LogP contribution in [0.3, 0.4) is 0 Å². The number of nitrogen functional groups attached to an aromatic ring is 1. The van der Waals surface area contributed by atoms with Crippen LogP contribution >= 0.6 is 22.9 Å². The van der Waals surface area contributed by atoms with Crippen molar-refractivity contribution in [3.63, 3.8) is 0 Å². The molecule has 0 saturated carbocycles. The van der Waals surface area contributed by atoms with Crippen molar-refractivity contribution in [3.8, 4) is 29.0 Å². The maximum atomic E-state index is 17.2. The number of anilines is 2. The molecule has 4 aliphatic heterocycles. The number of alkyl halides is 1. The van der Waals surface area contributed by atoms with E-state index < -0.39 is 23.3 Å². The zero-order valence-electron chi connectivity index (χ0n) is 26.9. The van der Waals surface area contributed by atoms with E-state index in [0.29, 0.717) is 38.2 Å². The Morgan fingerprint density at radius 1 is 1.27 bits per heavy atom. The van der Waals surface area contributed by atoms with E-state index >= 15 is 8.78 Å². The second-order valence-electron chi connectivity index (χ2n) is 13.6. The number of hydrogen-bond donors (Lipinski definition) is 1. The molecule has 1 amide bonds. The summed E-state index contributed by atoms with van der Waals surface area (Å²) in [4.78, 5) is 28.1. The average Bonchev–Trinajstić information content (AvgIpc) is 3.69. The third kappa shape index (κ3) is 4.95. The summed E-state index contributed by atoms with van der Waals surface area (Å²) in [5.74, 6) is -1.37. The van der Waals surface area contributed by atoms with Crippen molar-refractivity contribution in [1.82, 2.24) is 19.8 Å². The van der Waals surface area contributed by atoms with Crippen molar-refractivity contribution in [2.75, 3.05) is 57.6 Å². The number of piperidine rings is 1. The molecule has 0 radical (unpaired) electrons. The van der Waals surface area contributed by atoms with Crippen molar-refractivity contribution in [3.05, 3.63) is 34.4 Å². The van der Waals surface area contributed by atoms with Crippen LogP contribution in [0.25, 0.3) is 32.1 Å². The normalized spacial score (nSPS) is 24.8. The molecule has 2 N–H and O–H groups in total. The number of carbonyl (C=O) groups is 1. The number of rotatable bonds is 5. The Bertz CT molecular complexity index is 2090. The molecule has 10 nitrogen and oxygen atoms in total. The van der Waals surface area contributed by atoms with E-state index in [0.717, 1.165) is 30.7 Å². The molecule has 4 aromatic rings. The Hall–Kier alpha value is -4.06. The van der Waals surface area contributed by atoms with Crippen molar-refractivity contribution < 1.29 is 27.4 Å². The van der Waals surface area contributed by atoms with Crippen molar-refractivity contribution >= 4 is 60.7 Å². The van der Waals surface area contributed by atoms with Crippen molar-refractivity contribution in [2.45, 2.75) is 49.9 Å². The smallest absolute Gasteiger partial charge is 0.319 e. The van der Waals surface area contributed by atoms with Gasteiger partial charge in [0.25, 0.3) is 0 Å². The first kappa shape index (κ1) is 32.2. The first-order valence-electron chi connectivity index (χ1n) is 16.3. The second-order valence-corrected chi connectivity index (χ2v) is 15.1. The lowest BCUT2D eigenvalue weighted by Crippen LogP contribution is -2.50. The molecule has 3 fully saturated rings. The van der Waals surface area contributed by atoms with Gasteiger partial charge in [0, 0.05) is 44.6 Å². The Morgan fingerprint density at radius 2 is 2.08 bits per heavy atom. The first-order valence-corrected chi connectivity index (χ1v) is 17.5. The maximum Gasteiger partial charge on any atom is 0.319 e. The second kappa shape index (κ2) is 11.8. The Balaban J connectivity index is 1.34. The van der Waals surface area contributed by atoms with Gasteiger partial charge in [0.15, 0.2) is 11.6 Å². The van der Waals surface area contributed by atoms with E-state index in [1.807, 2.05) is 11.0 Å². The van der Waals surface area contributed by atoms with Gasteiger partial charge >= 0.3 is 6.01 Å². The summed E-state index contributed by atoms with van der Waals surface area (Å²) in [6.07, 6.45) is 2.25. The van der Waals surface area contributed by atoms with Gasteiger partial charge in [-0.15, -0.1) is 11.3 Å². The fraction of sp³-hybridized carbons (Fsp3) is 0.471. The molecule has 15 heteroatoms. The number of nitrogens with two attached hydrogens (primary N) is 1. The molecule has 2 aromatic carbocycles. The number of amides is 1. The minimum atomic E-state index is -0.967. The highest BCUT2D eigenvalue weighted by Crippen LogP contribution is 2.52. The van der Waals surface area contributed by atoms with Gasteiger partial charge in [-0.1, -0.05) is 17.7 Å². The van der Waals surface area contributed by atoms with E-state index in [4.69, 9.17) is 31.8 Å². The average molecular weight is 712 g/mol. The van der Waals surface area contributed by atoms with Gasteiger partial charge in [-0.2, -0.15) is 15.2 Å². The number of nitrogens with zero attached hydrogens (tertiary/aromatic N) is 6. The van der Waals surface area contributed by atoms with Gasteiger partial charge in [0.1, 0.15) is 47.6 Å². The summed E-state index contributed by atoms with van der Waals surface area (Å²) in [7, 11) is 3.42. The number of thiophene rings is 1. The number of hydrogen-bond acceptors (Lipinski definition) is 10. The standard InChI is InChI=1S/C34H33ClF3N7O3S/c1-43(2)32(46)16-4-5-18-14-47-28-24-27(26(38)23(25(28)35)19-6-7-21(37)29-22(19)20(11-39)30(40)49-29)41-33(42-31(24)45(18)12-16)48-15-34-8-3-9-44(34)13-17(36)10-34/h6-7,16-18H,3-5,8-10,12-15,40H2,1-2H3/t16?,17-,18?,34+/m1/s1. The molecule has 0 aliphatic carbocycles. The fourth-order valence-electron chi connectivity index (χ4n) is 8.24. The minimum absolute atomic E-state index is 0.0149. The third-order valence-corrected chi connectivity index (χ3v) is 11.9. The number of nitriles is 1. The van der Waals surface area contributed by atoms with Gasteiger partial charge in [0.2, 0.25) is 5.91 Å². The minimum Gasteiger partial charge on any atom is -0.489 e. The molecule has 256 valence electrons. The molecular formula is C34H33ClF3N7O3S. The van der Waals surface area contributed by atoms with Crippen LogP contribution in [-0.4, -0.2) is 90.4 Å².